The molecule has 1 N–H and O–H groups in total. The first-order valence-corrected chi connectivity index (χ1v) is 9.07. The topological polar surface area (TPSA) is 73.1 Å². The molecule has 3 aromatic rings. The van der Waals surface area contributed by atoms with E-state index in [9.17, 15) is 9.50 Å². The van der Waals surface area contributed by atoms with Crippen LogP contribution in [-0.2, 0) is 0 Å². The van der Waals surface area contributed by atoms with Gasteiger partial charge in [0, 0.05) is 5.75 Å². The van der Waals surface area contributed by atoms with Crippen LogP contribution in [0.5, 0.6) is 5.75 Å². The summed E-state index contributed by atoms with van der Waals surface area (Å²) in [5.41, 5.74) is 3.05. The van der Waals surface area contributed by atoms with Crippen LogP contribution in [0.4, 0.5) is 4.39 Å². The van der Waals surface area contributed by atoms with Gasteiger partial charge in [-0.25, -0.2) is 4.39 Å². The van der Waals surface area contributed by atoms with Crippen molar-refractivity contribution in [3.8, 4) is 11.4 Å². The van der Waals surface area contributed by atoms with Crippen molar-refractivity contribution in [2.75, 3.05) is 12.4 Å². The van der Waals surface area contributed by atoms with E-state index in [-0.39, 0.29) is 12.4 Å². The van der Waals surface area contributed by atoms with Gasteiger partial charge >= 0.3 is 0 Å². The van der Waals surface area contributed by atoms with Crippen molar-refractivity contribution in [3.05, 3.63) is 59.4 Å². The van der Waals surface area contributed by atoms with Crippen LogP contribution in [0.15, 0.2) is 47.6 Å². The summed E-state index contributed by atoms with van der Waals surface area (Å²) in [6.45, 7) is 3.98. The Hall–Kier alpha value is -2.45. The first-order valence-electron chi connectivity index (χ1n) is 8.09. The number of benzene rings is 2. The maximum atomic E-state index is 13.5. The summed E-state index contributed by atoms with van der Waals surface area (Å²) in [6, 6.07) is 12.1. The van der Waals surface area contributed by atoms with E-state index in [1.165, 1.54) is 23.9 Å². The Morgan fingerprint density at radius 3 is 2.85 bits per heavy atom. The average molecular weight is 374 g/mol. The number of aliphatic hydroxyl groups excluding tert-OH is 1. The van der Waals surface area contributed by atoms with E-state index in [0.717, 1.165) is 16.8 Å². The highest BCUT2D eigenvalue weighted by molar-refractivity contribution is 7.99. The minimum atomic E-state index is -0.789. The van der Waals surface area contributed by atoms with E-state index in [2.05, 4.69) is 15.5 Å². The number of nitrogens with zero attached hydrogens (tertiary/aromatic N) is 4. The van der Waals surface area contributed by atoms with Gasteiger partial charge in [-0.3, -0.25) is 0 Å². The van der Waals surface area contributed by atoms with Gasteiger partial charge in [-0.1, -0.05) is 36.0 Å². The molecular weight excluding hydrogens is 355 g/mol. The number of rotatable bonds is 7. The van der Waals surface area contributed by atoms with E-state index in [4.69, 9.17) is 4.74 Å². The van der Waals surface area contributed by atoms with E-state index >= 15 is 0 Å². The molecule has 0 saturated carbocycles. The summed E-state index contributed by atoms with van der Waals surface area (Å²) in [4.78, 5) is 0. The van der Waals surface area contributed by atoms with E-state index in [1.54, 1.807) is 16.8 Å². The van der Waals surface area contributed by atoms with Gasteiger partial charge in [0.2, 0.25) is 5.16 Å². The fourth-order valence-electron chi connectivity index (χ4n) is 2.33. The Balaban J connectivity index is 1.61. The number of aliphatic hydroxyl groups is 1. The van der Waals surface area contributed by atoms with Gasteiger partial charge in [0.1, 0.15) is 6.61 Å². The van der Waals surface area contributed by atoms with Crippen LogP contribution >= 0.6 is 11.8 Å². The van der Waals surface area contributed by atoms with Crippen molar-refractivity contribution in [3.63, 3.8) is 0 Å². The first kappa shape index (κ1) is 18.3. The number of hydrogen-bond acceptors (Lipinski definition) is 6. The molecule has 0 spiro atoms. The number of halogens is 1. The number of ether oxygens (including phenoxy) is 1. The van der Waals surface area contributed by atoms with Crippen LogP contribution in [0.1, 0.15) is 11.1 Å². The van der Waals surface area contributed by atoms with Crippen LogP contribution in [0, 0.1) is 19.7 Å². The minimum absolute atomic E-state index is 0.0149. The largest absolute Gasteiger partial charge is 0.488 e. The molecule has 26 heavy (non-hydrogen) atoms. The third-order valence-corrected chi connectivity index (χ3v) is 4.77. The van der Waals surface area contributed by atoms with E-state index in [1.807, 2.05) is 32.0 Å². The van der Waals surface area contributed by atoms with Gasteiger partial charge in [0.05, 0.1) is 11.8 Å². The highest BCUT2D eigenvalue weighted by atomic mass is 32.2. The fourth-order valence-corrected chi connectivity index (χ4v) is 3.12. The molecule has 136 valence electrons. The average Bonchev–Trinajstić information content (AvgIpc) is 3.09. The molecule has 0 aliphatic rings. The molecule has 2 aromatic carbocycles. The van der Waals surface area contributed by atoms with Crippen molar-refractivity contribution in [1.82, 2.24) is 20.2 Å². The predicted molar refractivity (Wildman–Crippen MR) is 97.3 cm³/mol. The second-order valence-electron chi connectivity index (χ2n) is 5.87. The van der Waals surface area contributed by atoms with Crippen molar-refractivity contribution in [2.45, 2.75) is 25.1 Å². The standard InChI is InChI=1S/C18H19FN4O2S/c1-12-7-8-13(2)16(9-12)23-18(20-21-22-23)26-11-14(24)10-25-17-6-4-3-5-15(17)19/h3-9,14,24H,10-11H2,1-2H3/t14-/m1/s1. The molecule has 3 rings (SSSR count). The molecule has 0 unspecified atom stereocenters. The third kappa shape index (κ3) is 4.39. The molecule has 1 aromatic heterocycles. The second-order valence-corrected chi connectivity index (χ2v) is 6.86. The Bertz CT molecular complexity index is 887. The maximum Gasteiger partial charge on any atom is 0.214 e. The van der Waals surface area contributed by atoms with Crippen LogP contribution in [0.3, 0.4) is 0 Å². The molecular formula is C18H19FN4O2S. The SMILES string of the molecule is Cc1ccc(C)c(-n2nnnc2SC[C@H](O)COc2ccccc2F)c1. The molecule has 8 heteroatoms. The number of tetrazole rings is 1. The highest BCUT2D eigenvalue weighted by Gasteiger charge is 2.14. The molecule has 0 fully saturated rings. The van der Waals surface area contributed by atoms with Gasteiger partial charge < -0.3 is 9.84 Å². The lowest BCUT2D eigenvalue weighted by atomic mass is 10.1. The molecule has 0 amide bonds. The van der Waals surface area contributed by atoms with Crippen LogP contribution in [-0.4, -0.2) is 43.8 Å². The van der Waals surface area contributed by atoms with Crippen molar-refractivity contribution < 1.29 is 14.2 Å². The molecule has 0 aliphatic carbocycles. The number of aryl methyl sites for hydroxylation is 2. The molecule has 1 heterocycles. The summed E-state index contributed by atoms with van der Waals surface area (Å²) in [5.74, 6) is -0.0114. The Morgan fingerprint density at radius 2 is 2.04 bits per heavy atom. The van der Waals surface area contributed by atoms with Crippen molar-refractivity contribution in [1.29, 1.82) is 0 Å². The number of hydrogen-bond donors (Lipinski definition) is 1. The summed E-state index contributed by atoms with van der Waals surface area (Å²) < 4.78 is 20.5. The summed E-state index contributed by atoms with van der Waals surface area (Å²) in [6.07, 6.45) is -0.789. The predicted octanol–water partition coefficient (Wildman–Crippen LogP) is 2.95. The van der Waals surface area contributed by atoms with Gasteiger partial charge in [0.15, 0.2) is 11.6 Å². The maximum absolute atomic E-state index is 13.5. The fraction of sp³-hybridized carbons (Fsp3) is 0.278. The zero-order valence-electron chi connectivity index (χ0n) is 14.5. The van der Waals surface area contributed by atoms with E-state index < -0.39 is 11.9 Å². The van der Waals surface area contributed by atoms with E-state index in [0.29, 0.717) is 10.9 Å². The molecule has 0 radical (unpaired) electrons. The molecule has 0 bridgehead atoms. The zero-order valence-corrected chi connectivity index (χ0v) is 15.3. The Kier molecular flexibility index (Phi) is 5.85. The van der Waals surface area contributed by atoms with Crippen LogP contribution in [0.2, 0.25) is 0 Å². The smallest absolute Gasteiger partial charge is 0.214 e. The molecule has 6 nitrogen and oxygen atoms in total. The van der Waals surface area contributed by atoms with Gasteiger partial charge in [-0.2, -0.15) is 4.68 Å². The van der Waals surface area contributed by atoms with Crippen molar-refractivity contribution in [2.24, 2.45) is 0 Å². The lowest BCUT2D eigenvalue weighted by molar-refractivity contribution is 0.123. The first-order chi connectivity index (χ1) is 12.5. The van der Waals surface area contributed by atoms with Gasteiger partial charge in [-0.15, -0.1) is 5.10 Å². The lowest BCUT2D eigenvalue weighted by Crippen LogP contribution is -2.20. The summed E-state index contributed by atoms with van der Waals surface area (Å²) >= 11 is 1.31. The Morgan fingerprint density at radius 1 is 1.23 bits per heavy atom. The third-order valence-electron chi connectivity index (χ3n) is 3.71. The van der Waals surface area contributed by atoms with Gasteiger partial charge in [-0.05, 0) is 53.6 Å². The zero-order chi connectivity index (χ0) is 18.5. The Labute approximate surface area is 155 Å². The van der Waals surface area contributed by atoms with Gasteiger partial charge in [0.25, 0.3) is 0 Å². The highest BCUT2D eigenvalue weighted by Crippen LogP contribution is 2.22. The molecule has 0 saturated heterocycles. The van der Waals surface area contributed by atoms with Crippen LogP contribution < -0.4 is 4.74 Å². The number of thioether (sulfide) groups is 1. The summed E-state index contributed by atoms with van der Waals surface area (Å²) in [7, 11) is 0. The van der Waals surface area contributed by atoms with Crippen molar-refractivity contribution >= 4 is 11.8 Å². The second kappa shape index (κ2) is 8.29. The molecule has 1 atom stereocenters. The number of para-hydroxylation sites is 1. The van der Waals surface area contributed by atoms with Crippen LogP contribution in [0.25, 0.3) is 5.69 Å². The monoisotopic (exact) mass is 374 g/mol. The number of aromatic nitrogens is 4. The minimum Gasteiger partial charge on any atom is -0.488 e. The normalized spacial score (nSPS) is 12.2. The quantitative estimate of drug-likeness (QED) is 0.641. The summed E-state index contributed by atoms with van der Waals surface area (Å²) in [5, 5.41) is 22.5. The molecule has 0 aliphatic heterocycles. The lowest BCUT2D eigenvalue weighted by Gasteiger charge is -2.13.